The van der Waals surface area contributed by atoms with Gasteiger partial charge in [0.1, 0.15) is 5.92 Å². The highest BCUT2D eigenvalue weighted by molar-refractivity contribution is 7.16. The Labute approximate surface area is 129 Å². The number of aromatic nitrogens is 1. The molecule has 0 spiro atoms. The summed E-state index contributed by atoms with van der Waals surface area (Å²) in [7, 11) is 1.97. The van der Waals surface area contributed by atoms with Crippen LogP contribution >= 0.6 is 34.3 Å². The molecule has 1 atom stereocenters. The van der Waals surface area contributed by atoms with Crippen molar-refractivity contribution in [1.82, 2.24) is 4.98 Å². The third-order valence-electron chi connectivity index (χ3n) is 3.35. The molecule has 0 fully saturated rings. The number of carbonyl (C=O) groups is 1. The summed E-state index contributed by atoms with van der Waals surface area (Å²) in [4.78, 5) is 20.0. The highest BCUT2D eigenvalue weighted by Gasteiger charge is 2.32. The summed E-state index contributed by atoms with van der Waals surface area (Å²) >= 11 is 9.08. The van der Waals surface area contributed by atoms with Crippen LogP contribution in [-0.2, 0) is 17.8 Å². The Hall–Kier alpha value is -1.11. The molecule has 106 valence electrons. The van der Waals surface area contributed by atoms with Gasteiger partial charge in [0.15, 0.2) is 5.13 Å². The molecule has 3 rings (SSSR count). The number of aliphatic carboxylic acids is 1. The third-order valence-corrected chi connectivity index (χ3v) is 5.81. The Morgan fingerprint density at radius 1 is 1.55 bits per heavy atom. The van der Waals surface area contributed by atoms with Crippen molar-refractivity contribution in [3.05, 3.63) is 31.9 Å². The van der Waals surface area contributed by atoms with Gasteiger partial charge in [0, 0.05) is 16.8 Å². The fourth-order valence-electron chi connectivity index (χ4n) is 2.36. The number of rotatable bonds is 4. The zero-order valence-corrected chi connectivity index (χ0v) is 13.2. The molecule has 2 heterocycles. The molecule has 2 aromatic rings. The first kappa shape index (κ1) is 13.9. The largest absolute Gasteiger partial charge is 0.481 e. The Morgan fingerprint density at radius 3 is 3.00 bits per heavy atom. The van der Waals surface area contributed by atoms with E-state index >= 15 is 0 Å². The first-order chi connectivity index (χ1) is 9.54. The predicted octanol–water partition coefficient (Wildman–Crippen LogP) is 3.61. The topological polar surface area (TPSA) is 53.4 Å². The van der Waals surface area contributed by atoms with Crippen molar-refractivity contribution in [2.45, 2.75) is 25.3 Å². The van der Waals surface area contributed by atoms with Gasteiger partial charge in [-0.3, -0.25) is 4.79 Å². The molecule has 1 aliphatic carbocycles. The molecule has 0 saturated carbocycles. The molecule has 0 saturated heterocycles. The molecule has 0 aromatic carbocycles. The summed E-state index contributed by atoms with van der Waals surface area (Å²) in [6.07, 6.45) is 1.50. The van der Waals surface area contributed by atoms with Crippen LogP contribution in [0.5, 0.6) is 0 Å². The minimum atomic E-state index is -0.770. The number of thiazole rings is 1. The fourth-order valence-corrected chi connectivity index (χ4v) is 4.59. The monoisotopic (exact) mass is 328 g/mol. The minimum Gasteiger partial charge on any atom is -0.481 e. The van der Waals surface area contributed by atoms with E-state index in [1.54, 1.807) is 22.7 Å². The van der Waals surface area contributed by atoms with Crippen molar-refractivity contribution < 1.29 is 9.90 Å². The van der Waals surface area contributed by atoms with E-state index in [0.717, 1.165) is 33.0 Å². The second-order valence-electron chi connectivity index (χ2n) is 4.80. The number of aryl methyl sites for hydroxylation is 1. The molecule has 0 radical (unpaired) electrons. The molecular weight excluding hydrogens is 316 g/mol. The van der Waals surface area contributed by atoms with Gasteiger partial charge in [0.2, 0.25) is 0 Å². The van der Waals surface area contributed by atoms with E-state index in [9.17, 15) is 9.90 Å². The van der Waals surface area contributed by atoms with E-state index in [-0.39, 0.29) is 0 Å². The average molecular weight is 329 g/mol. The highest BCUT2D eigenvalue weighted by Crippen LogP contribution is 2.39. The van der Waals surface area contributed by atoms with Gasteiger partial charge in [-0.2, -0.15) is 0 Å². The lowest BCUT2D eigenvalue weighted by atomic mass is 10.1. The normalized spacial score (nSPS) is 17.2. The van der Waals surface area contributed by atoms with E-state index in [2.05, 4.69) is 4.98 Å². The van der Waals surface area contributed by atoms with Crippen LogP contribution in [0.4, 0.5) is 5.13 Å². The average Bonchev–Trinajstić information content (AvgIpc) is 3.03. The van der Waals surface area contributed by atoms with Crippen LogP contribution in [0.3, 0.4) is 0 Å². The SMILES string of the molecule is CN(Cc1ccc(Cl)s1)c1nc2c(s1)CCC2C(=O)O. The molecule has 4 nitrogen and oxygen atoms in total. The zero-order chi connectivity index (χ0) is 14.3. The molecule has 2 aromatic heterocycles. The predicted molar refractivity (Wildman–Crippen MR) is 82.2 cm³/mol. The van der Waals surface area contributed by atoms with Crippen molar-refractivity contribution >= 4 is 45.4 Å². The second-order valence-corrected chi connectivity index (χ2v) is 7.66. The van der Waals surface area contributed by atoms with Gasteiger partial charge < -0.3 is 10.0 Å². The number of fused-ring (bicyclic) bond motifs is 1. The van der Waals surface area contributed by atoms with Gasteiger partial charge in [0.05, 0.1) is 16.6 Å². The second kappa shape index (κ2) is 5.35. The smallest absolute Gasteiger partial charge is 0.312 e. The standard InChI is InChI=1S/C13H13ClN2O2S2/c1-16(6-7-2-5-10(14)19-7)13-15-11-8(12(17)18)3-4-9(11)20-13/h2,5,8H,3-4,6H2,1H3,(H,17,18). The van der Waals surface area contributed by atoms with Crippen molar-refractivity contribution in [2.24, 2.45) is 0 Å². The van der Waals surface area contributed by atoms with E-state index in [1.807, 2.05) is 24.1 Å². The maximum absolute atomic E-state index is 11.2. The van der Waals surface area contributed by atoms with Crippen LogP contribution in [0, 0.1) is 0 Å². The summed E-state index contributed by atoms with van der Waals surface area (Å²) < 4.78 is 0.779. The summed E-state index contributed by atoms with van der Waals surface area (Å²) in [6.45, 7) is 0.738. The number of carboxylic acids is 1. The number of halogens is 1. The Bertz CT molecular complexity index is 653. The van der Waals surface area contributed by atoms with Crippen LogP contribution < -0.4 is 4.90 Å². The third kappa shape index (κ3) is 2.55. The Balaban J connectivity index is 1.78. The van der Waals surface area contributed by atoms with Gasteiger partial charge in [-0.1, -0.05) is 11.6 Å². The van der Waals surface area contributed by atoms with Crippen LogP contribution in [0.2, 0.25) is 4.34 Å². The van der Waals surface area contributed by atoms with Crippen molar-refractivity contribution in [2.75, 3.05) is 11.9 Å². The van der Waals surface area contributed by atoms with Gasteiger partial charge in [0.25, 0.3) is 0 Å². The van der Waals surface area contributed by atoms with Crippen molar-refractivity contribution in [1.29, 1.82) is 0 Å². The summed E-state index contributed by atoms with van der Waals surface area (Å²) in [5, 5.41) is 10.1. The van der Waals surface area contributed by atoms with Crippen molar-refractivity contribution in [3.8, 4) is 0 Å². The van der Waals surface area contributed by atoms with E-state index in [4.69, 9.17) is 11.6 Å². The van der Waals surface area contributed by atoms with Crippen LogP contribution in [0.1, 0.15) is 27.8 Å². The summed E-state index contributed by atoms with van der Waals surface area (Å²) in [5.41, 5.74) is 0.758. The number of hydrogen-bond donors (Lipinski definition) is 1. The first-order valence-corrected chi connectivity index (χ1v) is 8.23. The van der Waals surface area contributed by atoms with Crippen LogP contribution in [0.15, 0.2) is 12.1 Å². The quantitative estimate of drug-likeness (QED) is 0.931. The molecule has 20 heavy (non-hydrogen) atoms. The Morgan fingerprint density at radius 2 is 2.35 bits per heavy atom. The van der Waals surface area contributed by atoms with Crippen LogP contribution in [-0.4, -0.2) is 23.1 Å². The molecule has 0 amide bonds. The molecule has 1 unspecified atom stereocenters. The molecule has 0 bridgehead atoms. The minimum absolute atomic E-state index is 0.431. The Kier molecular flexibility index (Phi) is 3.70. The lowest BCUT2D eigenvalue weighted by Gasteiger charge is -2.14. The lowest BCUT2D eigenvalue weighted by Crippen LogP contribution is -2.16. The fraction of sp³-hybridized carbons (Fsp3) is 0.385. The molecule has 1 aliphatic rings. The highest BCUT2D eigenvalue weighted by atomic mass is 35.5. The zero-order valence-electron chi connectivity index (χ0n) is 10.8. The molecular formula is C13H13ClN2O2S2. The van der Waals surface area contributed by atoms with E-state index < -0.39 is 11.9 Å². The van der Waals surface area contributed by atoms with E-state index in [1.165, 1.54) is 4.88 Å². The number of anilines is 1. The molecule has 0 aliphatic heterocycles. The summed E-state index contributed by atoms with van der Waals surface area (Å²) in [5.74, 6) is -1.20. The summed E-state index contributed by atoms with van der Waals surface area (Å²) in [6, 6.07) is 3.89. The number of nitrogens with zero attached hydrogens (tertiary/aromatic N) is 2. The van der Waals surface area contributed by atoms with Gasteiger partial charge in [-0.05, 0) is 25.0 Å². The number of thiophene rings is 1. The lowest BCUT2D eigenvalue weighted by molar-refractivity contribution is -0.138. The maximum atomic E-state index is 11.2. The van der Waals surface area contributed by atoms with Gasteiger partial charge in [-0.25, -0.2) is 4.98 Å². The molecule has 7 heteroatoms. The van der Waals surface area contributed by atoms with Gasteiger partial charge >= 0.3 is 5.97 Å². The van der Waals surface area contributed by atoms with Crippen molar-refractivity contribution in [3.63, 3.8) is 0 Å². The number of hydrogen-bond acceptors (Lipinski definition) is 5. The molecule has 1 N–H and O–H groups in total. The first-order valence-electron chi connectivity index (χ1n) is 6.22. The maximum Gasteiger partial charge on any atom is 0.312 e. The van der Waals surface area contributed by atoms with Gasteiger partial charge in [-0.15, -0.1) is 22.7 Å². The van der Waals surface area contributed by atoms with Crippen LogP contribution in [0.25, 0.3) is 0 Å². The number of carboxylic acid groups (broad SMARTS) is 1. The van der Waals surface area contributed by atoms with E-state index in [0.29, 0.717) is 6.42 Å².